The van der Waals surface area contributed by atoms with Gasteiger partial charge in [-0.15, -0.1) is 0 Å². The molecule has 0 aliphatic rings. The Morgan fingerprint density at radius 3 is 1.14 bits per heavy atom. The number of hydrogen-bond acceptors (Lipinski definition) is 4. The Balaban J connectivity index is -0.0000000800. The molecule has 0 saturated carbocycles. The van der Waals surface area contributed by atoms with Crippen molar-refractivity contribution in [2.75, 3.05) is 0 Å². The van der Waals surface area contributed by atoms with Crippen LogP contribution in [0.15, 0.2) is 0 Å². The van der Waals surface area contributed by atoms with Crippen LogP contribution < -0.4 is 27.2 Å². The molecule has 4 nitrogen and oxygen atoms in total. The van der Waals surface area contributed by atoms with Gasteiger partial charge in [-0.3, -0.25) is 0 Å². The zero-order valence-electron chi connectivity index (χ0n) is 3.34. The first-order valence-electron chi connectivity index (χ1n) is 0.617. The summed E-state index contributed by atoms with van der Waals surface area (Å²) in [4.78, 5) is 0. The standard InChI is InChI=1S/Co.Li.Mn.4O/q+2;+1;;;;2*-1. The van der Waals surface area contributed by atoms with Crippen LogP contribution in [0, 0.1) is 0 Å². The summed E-state index contributed by atoms with van der Waals surface area (Å²) in [5.74, 6) is 0. The summed E-state index contributed by atoms with van der Waals surface area (Å²) in [5, 5.41) is 0. The molecule has 0 fully saturated rings. The van der Waals surface area contributed by atoms with E-state index in [1.54, 1.807) is 0 Å². The van der Waals surface area contributed by atoms with Crippen molar-refractivity contribution in [1.29, 1.82) is 0 Å². The fourth-order valence-corrected chi connectivity index (χ4v) is 0. The molecular weight excluding hydrogens is 185 g/mol. The molecule has 0 N–H and O–H groups in total. The molecule has 0 heterocycles. The van der Waals surface area contributed by atoms with Crippen molar-refractivity contribution in [1.82, 2.24) is 0 Å². The summed E-state index contributed by atoms with van der Waals surface area (Å²) < 4.78 is 34.3. The van der Waals surface area contributed by atoms with Gasteiger partial charge in [0.1, 0.15) is 0 Å². The van der Waals surface area contributed by atoms with E-state index >= 15 is 0 Å². The molecule has 0 aromatic carbocycles. The normalized spacial score (nSPS) is 8.29. The van der Waals surface area contributed by atoms with Gasteiger partial charge in [0.15, 0.2) is 0 Å². The van der Waals surface area contributed by atoms with Crippen LogP contribution in [0.25, 0.3) is 0 Å². The molecule has 0 bridgehead atoms. The van der Waals surface area contributed by atoms with Gasteiger partial charge in [0.25, 0.3) is 0 Å². The van der Waals surface area contributed by atoms with Crippen molar-refractivity contribution in [3.8, 4) is 0 Å². The molecule has 0 aromatic rings. The predicted molar refractivity (Wildman–Crippen MR) is 1.37 cm³/mol. The monoisotopic (exact) mass is 185 g/mol. The fourth-order valence-electron chi connectivity index (χ4n) is 0. The van der Waals surface area contributed by atoms with E-state index in [4.69, 9.17) is 16.0 Å². The Kier molecular flexibility index (Phi) is 11.9. The van der Waals surface area contributed by atoms with Gasteiger partial charge in [0.05, 0.1) is 0 Å². The van der Waals surface area contributed by atoms with Gasteiger partial charge >= 0.3 is 65.1 Å². The first kappa shape index (κ1) is 15.7. The quantitative estimate of drug-likeness (QED) is 0.352. The van der Waals surface area contributed by atoms with Crippen molar-refractivity contribution in [2.45, 2.75) is 0 Å². The van der Waals surface area contributed by atoms with E-state index in [9.17, 15) is 0 Å². The molecule has 40 valence electrons. The molecule has 0 aliphatic heterocycles. The van der Waals surface area contributed by atoms with Gasteiger partial charge in [-0.1, -0.05) is 0 Å². The van der Waals surface area contributed by atoms with Crippen LogP contribution in [0.4, 0.5) is 0 Å². The van der Waals surface area contributed by atoms with E-state index in [1.807, 2.05) is 0 Å². The number of hydrogen-bond donors (Lipinski definition) is 0. The third kappa shape index (κ3) is 145. The maximum absolute atomic E-state index is 8.58. The van der Waals surface area contributed by atoms with Crippen LogP contribution >= 0.6 is 0 Å². The van der Waals surface area contributed by atoms with E-state index in [0.29, 0.717) is 0 Å². The molecular formula is CoLiMnO4+. The van der Waals surface area contributed by atoms with Crippen molar-refractivity contribution in [2.24, 2.45) is 0 Å². The summed E-state index contributed by atoms with van der Waals surface area (Å²) >= 11 is -5.62. The average molecular weight is 185 g/mol. The van der Waals surface area contributed by atoms with Gasteiger partial charge in [-0.05, 0) is 0 Å². The molecule has 0 saturated heterocycles. The molecule has 0 atom stereocenters. The van der Waals surface area contributed by atoms with E-state index in [-0.39, 0.29) is 35.6 Å². The van der Waals surface area contributed by atoms with Crippen LogP contribution in [0.3, 0.4) is 0 Å². The third-order valence-corrected chi connectivity index (χ3v) is 0. The molecule has 0 unspecified atom stereocenters. The van der Waals surface area contributed by atoms with Gasteiger partial charge in [0.2, 0.25) is 0 Å². The molecule has 7 heteroatoms. The van der Waals surface area contributed by atoms with Crippen LogP contribution in [0.2, 0.25) is 0 Å². The van der Waals surface area contributed by atoms with Gasteiger partial charge < -0.3 is 0 Å². The average Bonchev–Trinajstić information content (AvgIpc) is 0.722. The summed E-state index contributed by atoms with van der Waals surface area (Å²) in [6.07, 6.45) is 0. The fraction of sp³-hybridized carbons (Fsp3) is 0. The Morgan fingerprint density at radius 1 is 1.14 bits per heavy atom. The van der Waals surface area contributed by atoms with Gasteiger partial charge in [0, 0.05) is 0 Å². The Labute approximate surface area is 64.9 Å². The Morgan fingerprint density at radius 2 is 1.14 bits per heavy atom. The molecule has 1 radical (unpaired) electrons. The minimum atomic E-state index is -5.62. The Bertz CT molecular complexity index is 94.9. The topological polar surface area (TPSA) is 80.3 Å². The van der Waals surface area contributed by atoms with E-state index < -0.39 is 13.4 Å². The van der Waals surface area contributed by atoms with Gasteiger partial charge in [-0.2, -0.15) is 0 Å². The molecule has 0 aromatic heterocycles. The first-order chi connectivity index (χ1) is 2.00. The van der Waals surface area contributed by atoms with Crippen molar-refractivity contribution in [3.05, 3.63) is 0 Å². The first-order valence-corrected chi connectivity index (χ1v) is 2.54. The van der Waals surface area contributed by atoms with E-state index in [2.05, 4.69) is 0 Å². The molecule has 0 amide bonds. The molecule has 0 aliphatic carbocycles. The zero-order chi connectivity index (χ0) is 4.50. The molecule has 0 rings (SSSR count). The van der Waals surface area contributed by atoms with Crippen molar-refractivity contribution >= 4 is 0 Å². The second kappa shape index (κ2) is 5.28. The van der Waals surface area contributed by atoms with Crippen LogP contribution in [-0.4, -0.2) is 0 Å². The zero-order valence-corrected chi connectivity index (χ0v) is 5.57. The van der Waals surface area contributed by atoms with Crippen LogP contribution in [0.5, 0.6) is 0 Å². The second-order valence-electron chi connectivity index (χ2n) is 0.378. The molecule has 7 heavy (non-hydrogen) atoms. The maximum atomic E-state index is 8.58. The second-order valence-corrected chi connectivity index (χ2v) is 1.56. The van der Waals surface area contributed by atoms with Gasteiger partial charge in [-0.25, -0.2) is 0 Å². The summed E-state index contributed by atoms with van der Waals surface area (Å²) in [6, 6.07) is 0. The third-order valence-electron chi connectivity index (χ3n) is 0. The summed E-state index contributed by atoms with van der Waals surface area (Å²) in [7, 11) is 0. The predicted octanol–water partition coefficient (Wildman–Crippen LogP) is -5.62. The number of rotatable bonds is 0. The van der Waals surface area contributed by atoms with Crippen LogP contribution in [0.1, 0.15) is 0 Å². The van der Waals surface area contributed by atoms with E-state index in [0.717, 1.165) is 0 Å². The van der Waals surface area contributed by atoms with Crippen molar-refractivity contribution in [3.63, 3.8) is 0 Å². The minimum absolute atomic E-state index is 0. The SMILES string of the molecule is [Co+2].[Li+].[O]=[Mn](=[O])([O-])[O-]. The summed E-state index contributed by atoms with van der Waals surface area (Å²) in [6.45, 7) is 0. The summed E-state index contributed by atoms with van der Waals surface area (Å²) in [5.41, 5.74) is 0. The molecule has 0 spiro atoms. The Hall–Kier alpha value is 1.14. The van der Waals surface area contributed by atoms with Crippen molar-refractivity contribution < 1.29 is 65.1 Å². The van der Waals surface area contributed by atoms with E-state index in [1.165, 1.54) is 0 Å². The van der Waals surface area contributed by atoms with Crippen LogP contribution in [-0.2, 0) is 37.8 Å².